The molecule has 2 unspecified atom stereocenters. The Morgan fingerprint density at radius 3 is 2.67 bits per heavy atom. The van der Waals surface area contributed by atoms with E-state index in [1.165, 1.54) is 0 Å². The van der Waals surface area contributed by atoms with Crippen molar-refractivity contribution in [2.75, 3.05) is 0 Å². The second kappa shape index (κ2) is 5.43. The molecule has 0 aliphatic carbocycles. The third-order valence-electron chi connectivity index (χ3n) is 1.88. The second-order valence-electron chi connectivity index (χ2n) is 2.76. The number of rotatable bonds is 5. The molecule has 68 valence electrons. The van der Waals surface area contributed by atoms with Gasteiger partial charge < -0.3 is 5.11 Å². The van der Waals surface area contributed by atoms with Gasteiger partial charge in [0, 0.05) is 4.91 Å². The summed E-state index contributed by atoms with van der Waals surface area (Å²) in [5, 5.41) is 11.9. The van der Waals surface area contributed by atoms with Crippen molar-refractivity contribution in [2.45, 2.75) is 32.7 Å². The van der Waals surface area contributed by atoms with Crippen LogP contribution >= 0.6 is 0 Å². The third-order valence-corrected chi connectivity index (χ3v) is 1.88. The average Bonchev–Trinajstić information content (AvgIpc) is 2.01. The van der Waals surface area contributed by atoms with Gasteiger partial charge >= 0.3 is 5.97 Å². The Labute approximate surface area is 71.0 Å². The van der Waals surface area contributed by atoms with Gasteiger partial charge in [-0.25, -0.2) is 0 Å². The fraction of sp³-hybridized carbons (Fsp3) is 0.857. The fourth-order valence-electron chi connectivity index (χ4n) is 0.873. The van der Waals surface area contributed by atoms with E-state index in [4.69, 9.17) is 10.6 Å². The molecule has 5 heteroatoms. The lowest BCUT2D eigenvalue weighted by atomic mass is 9.97. The SMILES string of the molecule is CCC(C)C(CC(=O)O)N=[N+]=[N-]. The van der Waals surface area contributed by atoms with Crippen molar-refractivity contribution in [3.8, 4) is 0 Å². The highest BCUT2D eigenvalue weighted by Crippen LogP contribution is 2.14. The molecule has 0 heterocycles. The van der Waals surface area contributed by atoms with Crippen molar-refractivity contribution in [3.63, 3.8) is 0 Å². The number of hydrogen-bond acceptors (Lipinski definition) is 2. The zero-order valence-corrected chi connectivity index (χ0v) is 7.27. The molecule has 1 N–H and O–H groups in total. The number of hydrogen-bond donors (Lipinski definition) is 1. The maximum atomic E-state index is 10.3. The number of aliphatic carboxylic acids is 1. The minimum Gasteiger partial charge on any atom is -0.481 e. The Balaban J connectivity index is 4.21. The van der Waals surface area contributed by atoms with Crippen LogP contribution in [0.15, 0.2) is 5.11 Å². The maximum Gasteiger partial charge on any atom is 0.303 e. The van der Waals surface area contributed by atoms with Gasteiger partial charge in [-0.05, 0) is 11.4 Å². The van der Waals surface area contributed by atoms with E-state index >= 15 is 0 Å². The lowest BCUT2D eigenvalue weighted by molar-refractivity contribution is -0.137. The molecular formula is C7H13N3O2. The summed E-state index contributed by atoms with van der Waals surface area (Å²) in [6.07, 6.45) is 0.732. The summed E-state index contributed by atoms with van der Waals surface area (Å²) in [7, 11) is 0. The first-order valence-corrected chi connectivity index (χ1v) is 3.87. The quantitative estimate of drug-likeness (QED) is 0.390. The van der Waals surface area contributed by atoms with Crippen LogP contribution < -0.4 is 0 Å². The van der Waals surface area contributed by atoms with Gasteiger partial charge in [-0.2, -0.15) is 0 Å². The smallest absolute Gasteiger partial charge is 0.303 e. The van der Waals surface area contributed by atoms with Gasteiger partial charge in [-0.1, -0.05) is 25.4 Å². The Bertz CT molecular complexity index is 199. The molecule has 0 aromatic heterocycles. The zero-order chi connectivity index (χ0) is 9.56. The molecule has 0 saturated carbocycles. The van der Waals surface area contributed by atoms with Crippen LogP contribution in [0.5, 0.6) is 0 Å². The summed E-state index contributed by atoms with van der Waals surface area (Å²) >= 11 is 0. The summed E-state index contributed by atoms with van der Waals surface area (Å²) in [5.41, 5.74) is 8.16. The predicted octanol–water partition coefficient (Wildman–Crippen LogP) is 2.19. The van der Waals surface area contributed by atoms with E-state index in [2.05, 4.69) is 10.0 Å². The summed E-state index contributed by atoms with van der Waals surface area (Å²) in [6, 6.07) is -0.419. The Morgan fingerprint density at radius 1 is 1.75 bits per heavy atom. The monoisotopic (exact) mass is 171 g/mol. The molecule has 0 saturated heterocycles. The van der Waals surface area contributed by atoms with Crippen LogP contribution in [-0.2, 0) is 4.79 Å². The number of carbonyl (C=O) groups is 1. The lowest BCUT2D eigenvalue weighted by Gasteiger charge is -2.14. The van der Waals surface area contributed by atoms with Crippen LogP contribution in [-0.4, -0.2) is 17.1 Å². The largest absolute Gasteiger partial charge is 0.481 e. The van der Waals surface area contributed by atoms with Crippen LogP contribution in [0.25, 0.3) is 10.4 Å². The van der Waals surface area contributed by atoms with Gasteiger partial charge in [0.25, 0.3) is 0 Å². The van der Waals surface area contributed by atoms with E-state index in [0.29, 0.717) is 0 Å². The van der Waals surface area contributed by atoms with Crippen molar-refractivity contribution in [3.05, 3.63) is 10.4 Å². The number of nitrogens with zero attached hydrogens (tertiary/aromatic N) is 3. The summed E-state index contributed by atoms with van der Waals surface area (Å²) in [5.74, 6) is -0.801. The first-order valence-electron chi connectivity index (χ1n) is 3.87. The second-order valence-corrected chi connectivity index (χ2v) is 2.76. The first-order chi connectivity index (χ1) is 5.61. The normalized spacial score (nSPS) is 14.5. The topological polar surface area (TPSA) is 86.1 Å². The predicted molar refractivity (Wildman–Crippen MR) is 44.6 cm³/mol. The molecule has 0 rings (SSSR count). The highest BCUT2D eigenvalue weighted by molar-refractivity contribution is 5.67. The van der Waals surface area contributed by atoms with Crippen LogP contribution in [0.1, 0.15) is 26.7 Å². The molecule has 5 nitrogen and oxygen atoms in total. The van der Waals surface area contributed by atoms with Gasteiger partial charge in [0.2, 0.25) is 0 Å². The maximum absolute atomic E-state index is 10.3. The number of carboxylic acid groups (broad SMARTS) is 1. The first kappa shape index (κ1) is 10.8. The Morgan fingerprint density at radius 2 is 2.33 bits per heavy atom. The molecule has 0 aromatic rings. The minimum atomic E-state index is -0.923. The molecule has 0 amide bonds. The van der Waals surface area contributed by atoms with E-state index in [1.54, 1.807) is 0 Å². The Kier molecular flexibility index (Phi) is 4.88. The molecule has 0 fully saturated rings. The van der Waals surface area contributed by atoms with E-state index in [9.17, 15) is 4.79 Å². The van der Waals surface area contributed by atoms with Gasteiger partial charge in [-0.15, -0.1) is 0 Å². The number of carboxylic acids is 1. The van der Waals surface area contributed by atoms with Gasteiger partial charge in [-0.3, -0.25) is 4.79 Å². The van der Waals surface area contributed by atoms with Crippen molar-refractivity contribution in [1.29, 1.82) is 0 Å². The van der Waals surface area contributed by atoms with Gasteiger partial charge in [0.1, 0.15) is 0 Å². The highest BCUT2D eigenvalue weighted by atomic mass is 16.4. The summed E-state index contributed by atoms with van der Waals surface area (Å²) < 4.78 is 0. The molecular weight excluding hydrogens is 158 g/mol. The average molecular weight is 171 g/mol. The van der Waals surface area contributed by atoms with Crippen molar-refractivity contribution >= 4 is 5.97 Å². The van der Waals surface area contributed by atoms with Crippen molar-refractivity contribution in [1.82, 2.24) is 0 Å². The molecule has 0 radical (unpaired) electrons. The molecule has 0 aliphatic heterocycles. The van der Waals surface area contributed by atoms with Gasteiger partial charge in [0.05, 0.1) is 12.5 Å². The molecule has 0 aliphatic rings. The fourth-order valence-corrected chi connectivity index (χ4v) is 0.873. The Hall–Kier alpha value is -1.22. The minimum absolute atomic E-state index is 0.0843. The highest BCUT2D eigenvalue weighted by Gasteiger charge is 2.17. The van der Waals surface area contributed by atoms with E-state index in [-0.39, 0.29) is 12.3 Å². The van der Waals surface area contributed by atoms with Crippen LogP contribution in [0, 0.1) is 5.92 Å². The molecule has 0 aromatic carbocycles. The van der Waals surface area contributed by atoms with Crippen molar-refractivity contribution < 1.29 is 9.90 Å². The van der Waals surface area contributed by atoms with Gasteiger partial charge in [0.15, 0.2) is 0 Å². The van der Waals surface area contributed by atoms with Crippen LogP contribution in [0.3, 0.4) is 0 Å². The molecule has 0 spiro atoms. The molecule has 12 heavy (non-hydrogen) atoms. The standard InChI is InChI=1S/C7H13N3O2/c1-3-5(2)6(9-10-8)4-7(11)12/h5-6H,3-4H2,1-2H3,(H,11,12). The lowest BCUT2D eigenvalue weighted by Crippen LogP contribution is -2.18. The van der Waals surface area contributed by atoms with E-state index < -0.39 is 12.0 Å². The molecule has 2 atom stereocenters. The summed E-state index contributed by atoms with van der Waals surface area (Å²) in [4.78, 5) is 12.9. The van der Waals surface area contributed by atoms with Crippen LogP contribution in [0.2, 0.25) is 0 Å². The third kappa shape index (κ3) is 3.83. The van der Waals surface area contributed by atoms with E-state index in [1.807, 2.05) is 13.8 Å². The number of azide groups is 1. The summed E-state index contributed by atoms with van der Waals surface area (Å²) in [6.45, 7) is 3.81. The molecule has 0 bridgehead atoms. The van der Waals surface area contributed by atoms with E-state index in [0.717, 1.165) is 6.42 Å². The van der Waals surface area contributed by atoms with Crippen molar-refractivity contribution in [2.24, 2.45) is 11.0 Å². The zero-order valence-electron chi connectivity index (χ0n) is 7.27. The van der Waals surface area contributed by atoms with Crippen LogP contribution in [0.4, 0.5) is 0 Å².